The minimum atomic E-state index is -0.250. The second-order valence-electron chi connectivity index (χ2n) is 2.54. The van der Waals surface area contributed by atoms with Crippen LogP contribution in [0.25, 0.3) is 11.6 Å². The number of H-pyrrole nitrogens is 1. The molecule has 0 fully saturated rings. The summed E-state index contributed by atoms with van der Waals surface area (Å²) in [6.07, 6.45) is 1.61. The molecular formula is C7H7ClN4O. The Labute approximate surface area is 79.1 Å². The van der Waals surface area contributed by atoms with Gasteiger partial charge >= 0.3 is 0 Å². The van der Waals surface area contributed by atoms with E-state index in [4.69, 9.17) is 16.1 Å². The van der Waals surface area contributed by atoms with Gasteiger partial charge in [0.25, 0.3) is 5.89 Å². The lowest BCUT2D eigenvalue weighted by Crippen LogP contribution is -1.86. The van der Waals surface area contributed by atoms with Crippen molar-refractivity contribution >= 4 is 11.6 Å². The summed E-state index contributed by atoms with van der Waals surface area (Å²) in [5, 5.41) is 9.94. The quantitative estimate of drug-likeness (QED) is 0.747. The molecule has 0 bridgehead atoms. The molecule has 0 saturated heterocycles. The molecule has 0 amide bonds. The summed E-state index contributed by atoms with van der Waals surface area (Å²) < 4.78 is 4.95. The van der Waals surface area contributed by atoms with E-state index in [2.05, 4.69) is 20.3 Å². The van der Waals surface area contributed by atoms with Crippen molar-refractivity contribution in [2.75, 3.05) is 0 Å². The average Bonchev–Trinajstić information content (AvgIpc) is 2.75. The summed E-state index contributed by atoms with van der Waals surface area (Å²) in [6, 6.07) is 1.75. The molecule has 2 aromatic rings. The van der Waals surface area contributed by atoms with Crippen LogP contribution in [-0.4, -0.2) is 20.3 Å². The summed E-state index contributed by atoms with van der Waals surface area (Å²) in [5.74, 6) is 0.881. The molecule has 0 spiro atoms. The third kappa shape index (κ3) is 1.55. The van der Waals surface area contributed by atoms with Gasteiger partial charge in [-0.25, -0.2) is 0 Å². The Balaban J connectivity index is 2.33. The molecule has 0 radical (unpaired) electrons. The number of aromatic nitrogens is 4. The lowest BCUT2D eigenvalue weighted by Gasteiger charge is -1.89. The van der Waals surface area contributed by atoms with Crippen LogP contribution in [-0.2, 0) is 0 Å². The first kappa shape index (κ1) is 8.25. The minimum Gasteiger partial charge on any atom is -0.332 e. The molecule has 1 atom stereocenters. The zero-order chi connectivity index (χ0) is 9.26. The summed E-state index contributed by atoms with van der Waals surface area (Å²) in [7, 11) is 0. The molecule has 6 heteroatoms. The molecule has 2 aromatic heterocycles. The normalized spacial score (nSPS) is 13.1. The highest BCUT2D eigenvalue weighted by molar-refractivity contribution is 6.20. The Morgan fingerprint density at radius 1 is 1.62 bits per heavy atom. The number of hydrogen-bond donors (Lipinski definition) is 1. The van der Waals surface area contributed by atoms with Crippen molar-refractivity contribution in [1.82, 2.24) is 20.3 Å². The summed E-state index contributed by atoms with van der Waals surface area (Å²) in [6.45, 7) is 1.78. The minimum absolute atomic E-state index is 0.250. The van der Waals surface area contributed by atoms with Gasteiger partial charge in [-0.1, -0.05) is 5.16 Å². The van der Waals surface area contributed by atoms with Crippen molar-refractivity contribution in [3.8, 4) is 11.6 Å². The number of aromatic amines is 1. The number of halogens is 1. The number of alkyl halides is 1. The third-order valence-corrected chi connectivity index (χ3v) is 1.72. The summed E-state index contributed by atoms with van der Waals surface area (Å²) >= 11 is 5.77. The number of rotatable bonds is 2. The number of nitrogens with zero attached hydrogens (tertiary/aromatic N) is 3. The molecule has 2 rings (SSSR count). The zero-order valence-corrected chi connectivity index (χ0v) is 7.62. The topological polar surface area (TPSA) is 67.6 Å². The molecule has 13 heavy (non-hydrogen) atoms. The van der Waals surface area contributed by atoms with Crippen LogP contribution in [0.15, 0.2) is 16.8 Å². The van der Waals surface area contributed by atoms with Crippen molar-refractivity contribution in [2.45, 2.75) is 12.3 Å². The van der Waals surface area contributed by atoms with Gasteiger partial charge in [0.15, 0.2) is 5.82 Å². The highest BCUT2D eigenvalue weighted by Crippen LogP contribution is 2.19. The molecule has 0 aromatic carbocycles. The van der Waals surface area contributed by atoms with Crippen molar-refractivity contribution < 1.29 is 4.52 Å². The molecule has 5 nitrogen and oxygen atoms in total. The summed E-state index contributed by atoms with van der Waals surface area (Å²) in [5.41, 5.74) is 0.691. The Morgan fingerprint density at radius 3 is 3.00 bits per heavy atom. The van der Waals surface area contributed by atoms with Crippen LogP contribution in [0.5, 0.6) is 0 Å². The van der Waals surface area contributed by atoms with Crippen molar-refractivity contribution in [1.29, 1.82) is 0 Å². The largest absolute Gasteiger partial charge is 0.332 e. The van der Waals surface area contributed by atoms with Gasteiger partial charge in [0.05, 0.1) is 5.38 Å². The van der Waals surface area contributed by atoms with Crippen molar-refractivity contribution in [3.05, 3.63) is 18.1 Å². The molecule has 0 aliphatic carbocycles. The Bertz CT molecular complexity index is 381. The van der Waals surface area contributed by atoms with Gasteiger partial charge in [-0.15, -0.1) is 11.6 Å². The average molecular weight is 199 g/mol. The maximum absolute atomic E-state index is 5.77. The predicted octanol–water partition coefficient (Wildman–Crippen LogP) is 1.76. The number of nitrogens with one attached hydrogen (secondary N) is 1. The van der Waals surface area contributed by atoms with E-state index < -0.39 is 0 Å². The third-order valence-electron chi connectivity index (χ3n) is 1.53. The van der Waals surface area contributed by atoms with E-state index in [0.29, 0.717) is 17.4 Å². The fraction of sp³-hybridized carbons (Fsp3) is 0.286. The zero-order valence-electron chi connectivity index (χ0n) is 6.86. The van der Waals surface area contributed by atoms with Gasteiger partial charge in [0.2, 0.25) is 0 Å². The monoisotopic (exact) mass is 198 g/mol. The van der Waals surface area contributed by atoms with Gasteiger partial charge in [-0.3, -0.25) is 5.10 Å². The van der Waals surface area contributed by atoms with Gasteiger partial charge in [-0.05, 0) is 13.0 Å². The van der Waals surface area contributed by atoms with Gasteiger partial charge in [-0.2, -0.15) is 10.1 Å². The molecule has 0 aliphatic rings. The van der Waals surface area contributed by atoms with Crippen LogP contribution in [0.4, 0.5) is 0 Å². The molecule has 1 N–H and O–H groups in total. The Kier molecular flexibility index (Phi) is 2.02. The molecular weight excluding hydrogens is 192 g/mol. The Morgan fingerprint density at radius 2 is 2.46 bits per heavy atom. The summed E-state index contributed by atoms with van der Waals surface area (Å²) in [4.78, 5) is 4.07. The van der Waals surface area contributed by atoms with E-state index in [1.165, 1.54) is 0 Å². The Hall–Kier alpha value is -1.36. The maximum Gasteiger partial charge on any atom is 0.275 e. The van der Waals surface area contributed by atoms with Crippen LogP contribution in [0.3, 0.4) is 0 Å². The van der Waals surface area contributed by atoms with Crippen LogP contribution in [0, 0.1) is 0 Å². The highest BCUT2D eigenvalue weighted by Gasteiger charge is 2.12. The first-order chi connectivity index (χ1) is 6.27. The van der Waals surface area contributed by atoms with Crippen LogP contribution >= 0.6 is 11.6 Å². The smallest absolute Gasteiger partial charge is 0.275 e. The van der Waals surface area contributed by atoms with E-state index in [0.717, 1.165) is 0 Å². The van der Waals surface area contributed by atoms with Gasteiger partial charge in [0, 0.05) is 6.20 Å². The standard InChI is InChI=1S/C7H7ClN4O/c1-4(8)6-10-7(13-12-6)5-2-3-9-11-5/h2-4H,1H3,(H,9,11). The van der Waals surface area contributed by atoms with E-state index in [1.807, 2.05) is 0 Å². The second kappa shape index (κ2) is 3.18. The maximum atomic E-state index is 5.77. The lowest BCUT2D eigenvalue weighted by atomic mass is 10.4. The van der Waals surface area contributed by atoms with Crippen molar-refractivity contribution in [3.63, 3.8) is 0 Å². The van der Waals surface area contributed by atoms with Gasteiger partial charge in [0.1, 0.15) is 5.69 Å². The molecule has 68 valence electrons. The molecule has 2 heterocycles. The molecule has 0 saturated carbocycles. The SMILES string of the molecule is CC(Cl)c1noc(-c2ccn[nH]2)n1. The van der Waals surface area contributed by atoms with E-state index in [-0.39, 0.29) is 5.38 Å². The van der Waals surface area contributed by atoms with E-state index >= 15 is 0 Å². The van der Waals surface area contributed by atoms with E-state index in [9.17, 15) is 0 Å². The molecule has 1 unspecified atom stereocenters. The van der Waals surface area contributed by atoms with Crippen molar-refractivity contribution in [2.24, 2.45) is 0 Å². The highest BCUT2D eigenvalue weighted by atomic mass is 35.5. The fourth-order valence-corrected chi connectivity index (χ4v) is 0.969. The first-order valence-electron chi connectivity index (χ1n) is 3.75. The number of hydrogen-bond acceptors (Lipinski definition) is 4. The van der Waals surface area contributed by atoms with Crippen LogP contribution < -0.4 is 0 Å². The van der Waals surface area contributed by atoms with Gasteiger partial charge < -0.3 is 4.52 Å². The van der Waals surface area contributed by atoms with E-state index in [1.54, 1.807) is 19.2 Å². The first-order valence-corrected chi connectivity index (χ1v) is 4.18. The molecule has 0 aliphatic heterocycles. The lowest BCUT2D eigenvalue weighted by molar-refractivity contribution is 0.421. The fourth-order valence-electron chi connectivity index (χ4n) is 0.881. The van der Waals surface area contributed by atoms with Crippen LogP contribution in [0.1, 0.15) is 18.1 Å². The van der Waals surface area contributed by atoms with Crippen LogP contribution in [0.2, 0.25) is 0 Å². The second-order valence-corrected chi connectivity index (χ2v) is 3.20. The predicted molar refractivity (Wildman–Crippen MR) is 46.1 cm³/mol.